The van der Waals surface area contributed by atoms with Gasteiger partial charge in [-0.2, -0.15) is 4.52 Å². The number of aryl methyl sites for hydroxylation is 1. The fraction of sp³-hybridized carbons (Fsp3) is 0.375. The molecule has 1 fully saturated rings. The van der Waals surface area contributed by atoms with Gasteiger partial charge in [-0.25, -0.2) is 9.97 Å². The third-order valence-electron chi connectivity index (χ3n) is 3.99. The van der Waals surface area contributed by atoms with Crippen LogP contribution in [0.4, 0.5) is 0 Å². The maximum Gasteiger partial charge on any atom is 0.233 e. The number of hydrogen-bond acceptors (Lipinski definition) is 5. The van der Waals surface area contributed by atoms with E-state index >= 15 is 0 Å². The molecule has 0 bridgehead atoms. The largest absolute Gasteiger partial charge is 0.355 e. The Morgan fingerprint density at radius 3 is 3.04 bits per heavy atom. The highest BCUT2D eigenvalue weighted by atomic mass is 32.2. The normalized spacial score (nSPS) is 19.0. The van der Waals surface area contributed by atoms with Crippen molar-refractivity contribution >= 4 is 34.2 Å². The van der Waals surface area contributed by atoms with E-state index in [1.54, 1.807) is 4.52 Å². The van der Waals surface area contributed by atoms with Gasteiger partial charge in [0, 0.05) is 11.9 Å². The Balaban J connectivity index is 1.82. The van der Waals surface area contributed by atoms with Crippen molar-refractivity contribution in [2.75, 3.05) is 6.54 Å². The summed E-state index contributed by atoms with van der Waals surface area (Å²) in [7, 11) is 0. The molecule has 6 nitrogen and oxygen atoms in total. The standard InChI is InChI=1S/C16H17N5OS/c1-10-18-14-11-6-2-3-7-12(11)19-16(21(14)20-10)23-13-8-4-5-9-17-15(13)22/h2-3,6-7,13H,4-5,8-9H2,1H3,(H,17,22)/t13-/m0/s1. The van der Waals surface area contributed by atoms with Crippen LogP contribution in [-0.2, 0) is 4.79 Å². The van der Waals surface area contributed by atoms with Gasteiger partial charge in [0.25, 0.3) is 0 Å². The Morgan fingerprint density at radius 2 is 2.13 bits per heavy atom. The first-order valence-electron chi connectivity index (χ1n) is 7.79. The number of thioether (sulfide) groups is 1. The van der Waals surface area contributed by atoms with Crippen LogP contribution in [0.5, 0.6) is 0 Å². The minimum atomic E-state index is -0.126. The summed E-state index contributed by atoms with van der Waals surface area (Å²) in [5.41, 5.74) is 1.67. The summed E-state index contributed by atoms with van der Waals surface area (Å²) in [5, 5.41) is 9.01. The predicted molar refractivity (Wildman–Crippen MR) is 89.5 cm³/mol. The lowest BCUT2D eigenvalue weighted by Gasteiger charge is -2.13. The van der Waals surface area contributed by atoms with Crippen molar-refractivity contribution in [3.8, 4) is 0 Å². The van der Waals surface area contributed by atoms with Crippen molar-refractivity contribution in [2.24, 2.45) is 0 Å². The molecule has 1 aromatic carbocycles. The molecular formula is C16H17N5OS. The number of amides is 1. The van der Waals surface area contributed by atoms with Crippen LogP contribution in [0, 0.1) is 6.92 Å². The fourth-order valence-corrected chi connectivity index (χ4v) is 3.97. The molecule has 1 saturated heterocycles. The van der Waals surface area contributed by atoms with E-state index < -0.39 is 0 Å². The number of nitrogens with zero attached hydrogens (tertiary/aromatic N) is 4. The number of fused-ring (bicyclic) bond motifs is 3. The number of aromatic nitrogens is 4. The molecule has 118 valence electrons. The second-order valence-corrected chi connectivity index (χ2v) is 6.87. The fourth-order valence-electron chi connectivity index (χ4n) is 2.86. The van der Waals surface area contributed by atoms with Crippen LogP contribution in [-0.4, -0.2) is 37.3 Å². The van der Waals surface area contributed by atoms with Crippen molar-refractivity contribution in [1.82, 2.24) is 24.9 Å². The van der Waals surface area contributed by atoms with Gasteiger partial charge in [0.2, 0.25) is 5.91 Å². The van der Waals surface area contributed by atoms with E-state index in [9.17, 15) is 4.79 Å². The average molecular weight is 327 g/mol. The SMILES string of the molecule is Cc1nc2c3ccccc3nc(S[C@H]3CCCCNC3=O)n2n1. The number of hydrogen-bond donors (Lipinski definition) is 1. The molecule has 0 aliphatic carbocycles. The maximum atomic E-state index is 12.2. The van der Waals surface area contributed by atoms with E-state index in [0.29, 0.717) is 5.82 Å². The van der Waals surface area contributed by atoms with E-state index in [1.807, 2.05) is 31.2 Å². The third-order valence-corrected chi connectivity index (χ3v) is 5.20. The topological polar surface area (TPSA) is 72.2 Å². The summed E-state index contributed by atoms with van der Waals surface area (Å²) in [6, 6.07) is 7.90. The summed E-state index contributed by atoms with van der Waals surface area (Å²) in [6.45, 7) is 2.63. The highest BCUT2D eigenvalue weighted by Crippen LogP contribution is 2.29. The van der Waals surface area contributed by atoms with Crippen LogP contribution in [0.2, 0.25) is 0 Å². The number of benzene rings is 1. The molecule has 1 aliphatic rings. The summed E-state index contributed by atoms with van der Waals surface area (Å²) < 4.78 is 1.76. The summed E-state index contributed by atoms with van der Waals surface area (Å²) >= 11 is 1.48. The first-order chi connectivity index (χ1) is 11.2. The zero-order valence-electron chi connectivity index (χ0n) is 12.8. The molecule has 0 unspecified atom stereocenters. The molecule has 1 aliphatic heterocycles. The number of carbonyl (C=O) groups excluding carboxylic acids is 1. The molecule has 4 rings (SSSR count). The Bertz CT molecular complexity index is 891. The van der Waals surface area contributed by atoms with Gasteiger partial charge in [0.05, 0.1) is 10.8 Å². The smallest absolute Gasteiger partial charge is 0.233 e. The highest BCUT2D eigenvalue weighted by molar-refractivity contribution is 8.00. The van der Waals surface area contributed by atoms with Gasteiger partial charge in [0.1, 0.15) is 5.82 Å². The van der Waals surface area contributed by atoms with Gasteiger partial charge in [0.15, 0.2) is 10.8 Å². The molecule has 0 saturated carbocycles. The van der Waals surface area contributed by atoms with Crippen LogP contribution in [0.3, 0.4) is 0 Å². The molecule has 3 heterocycles. The van der Waals surface area contributed by atoms with Crippen molar-refractivity contribution in [3.05, 3.63) is 30.1 Å². The van der Waals surface area contributed by atoms with Crippen LogP contribution in [0.25, 0.3) is 16.6 Å². The first-order valence-corrected chi connectivity index (χ1v) is 8.67. The Labute approximate surface area is 137 Å². The zero-order valence-corrected chi connectivity index (χ0v) is 13.6. The van der Waals surface area contributed by atoms with Crippen LogP contribution in [0.15, 0.2) is 29.4 Å². The maximum absolute atomic E-state index is 12.2. The molecule has 3 aromatic rings. The van der Waals surface area contributed by atoms with Crippen LogP contribution in [0.1, 0.15) is 25.1 Å². The second kappa shape index (κ2) is 5.81. The highest BCUT2D eigenvalue weighted by Gasteiger charge is 2.24. The Kier molecular flexibility index (Phi) is 3.65. The quantitative estimate of drug-likeness (QED) is 0.732. The van der Waals surface area contributed by atoms with E-state index in [-0.39, 0.29) is 11.2 Å². The zero-order chi connectivity index (χ0) is 15.8. The lowest BCUT2D eigenvalue weighted by molar-refractivity contribution is -0.120. The Hall–Kier alpha value is -2.15. The first kappa shape index (κ1) is 14.4. The van der Waals surface area contributed by atoms with E-state index in [0.717, 1.165) is 47.5 Å². The lowest BCUT2D eigenvalue weighted by atomic mass is 10.2. The predicted octanol–water partition coefficient (Wildman–Crippen LogP) is 2.35. The van der Waals surface area contributed by atoms with Crippen LogP contribution >= 0.6 is 11.8 Å². The monoisotopic (exact) mass is 327 g/mol. The van der Waals surface area contributed by atoms with Gasteiger partial charge in [-0.1, -0.05) is 30.3 Å². The summed E-state index contributed by atoms with van der Waals surface area (Å²) in [5.74, 6) is 0.794. The molecule has 7 heteroatoms. The van der Waals surface area contributed by atoms with Gasteiger partial charge >= 0.3 is 0 Å². The lowest BCUT2D eigenvalue weighted by Crippen LogP contribution is -2.30. The minimum absolute atomic E-state index is 0.0902. The molecule has 1 N–H and O–H groups in total. The summed E-state index contributed by atoms with van der Waals surface area (Å²) in [6.07, 6.45) is 2.94. The van der Waals surface area contributed by atoms with Gasteiger partial charge in [-0.15, -0.1) is 5.10 Å². The molecule has 23 heavy (non-hydrogen) atoms. The average Bonchev–Trinajstić information content (AvgIpc) is 2.84. The molecule has 0 spiro atoms. The van der Waals surface area contributed by atoms with Crippen LogP contribution < -0.4 is 5.32 Å². The molecule has 2 aromatic heterocycles. The van der Waals surface area contributed by atoms with E-state index in [2.05, 4.69) is 15.4 Å². The van der Waals surface area contributed by atoms with Crippen molar-refractivity contribution in [3.63, 3.8) is 0 Å². The van der Waals surface area contributed by atoms with Gasteiger partial charge in [-0.3, -0.25) is 4.79 Å². The van der Waals surface area contributed by atoms with Crippen molar-refractivity contribution in [2.45, 2.75) is 36.6 Å². The molecule has 0 radical (unpaired) electrons. The number of para-hydroxylation sites is 1. The summed E-state index contributed by atoms with van der Waals surface area (Å²) in [4.78, 5) is 21.5. The van der Waals surface area contributed by atoms with E-state index in [4.69, 9.17) is 4.98 Å². The van der Waals surface area contributed by atoms with Gasteiger partial charge < -0.3 is 5.32 Å². The molecule has 1 amide bonds. The Morgan fingerprint density at radius 1 is 1.26 bits per heavy atom. The van der Waals surface area contributed by atoms with Crippen molar-refractivity contribution < 1.29 is 4.79 Å². The second-order valence-electron chi connectivity index (χ2n) is 5.70. The molecule has 1 atom stereocenters. The number of rotatable bonds is 2. The van der Waals surface area contributed by atoms with Gasteiger partial charge in [-0.05, 0) is 31.9 Å². The van der Waals surface area contributed by atoms with E-state index in [1.165, 1.54) is 11.8 Å². The number of carbonyl (C=O) groups is 1. The number of nitrogens with one attached hydrogen (secondary N) is 1. The third kappa shape index (κ3) is 2.65. The van der Waals surface area contributed by atoms with Crippen molar-refractivity contribution in [1.29, 1.82) is 0 Å². The molecular weight excluding hydrogens is 310 g/mol. The minimum Gasteiger partial charge on any atom is -0.355 e.